The van der Waals surface area contributed by atoms with Gasteiger partial charge >= 0.3 is 0 Å². The molecule has 1 saturated heterocycles. The molecule has 0 radical (unpaired) electrons. The van der Waals surface area contributed by atoms with Gasteiger partial charge in [-0.2, -0.15) is 0 Å². The molecular weight excluding hydrogens is 362 g/mol. The molecule has 4 nitrogen and oxygen atoms in total. The van der Waals surface area contributed by atoms with Crippen LogP contribution in [0.15, 0.2) is 54.6 Å². The minimum atomic E-state index is -0.595. The van der Waals surface area contributed by atoms with E-state index in [-0.39, 0.29) is 17.7 Å². The molecule has 0 N–H and O–H groups in total. The van der Waals surface area contributed by atoms with Gasteiger partial charge < -0.3 is 9.64 Å². The molecule has 0 saturated carbocycles. The Balaban J connectivity index is 1.71. The molecule has 0 aliphatic carbocycles. The van der Waals surface area contributed by atoms with Crippen molar-refractivity contribution in [1.29, 1.82) is 0 Å². The number of nitrogens with zero attached hydrogens (tertiary/aromatic N) is 1. The number of ether oxygens (including phenoxy) is 1. The molecule has 2 aromatic carbocycles. The van der Waals surface area contributed by atoms with Crippen molar-refractivity contribution in [1.82, 2.24) is 4.90 Å². The Labute approximate surface area is 173 Å². The van der Waals surface area contributed by atoms with Crippen LogP contribution in [0.3, 0.4) is 0 Å². The Kier molecular flexibility index (Phi) is 6.41. The molecule has 29 heavy (non-hydrogen) atoms. The first kappa shape index (κ1) is 21.1. The number of carbonyl (C=O) groups excluding carboxylic acids is 2. The Morgan fingerprint density at radius 3 is 2.34 bits per heavy atom. The van der Waals surface area contributed by atoms with Crippen LogP contribution in [0.4, 0.5) is 0 Å². The Morgan fingerprint density at radius 1 is 1.10 bits per heavy atom. The van der Waals surface area contributed by atoms with Crippen molar-refractivity contribution in [2.24, 2.45) is 5.92 Å². The van der Waals surface area contributed by atoms with Crippen molar-refractivity contribution in [2.75, 3.05) is 6.54 Å². The second-order valence-electron chi connectivity index (χ2n) is 8.64. The lowest BCUT2D eigenvalue weighted by Gasteiger charge is -2.30. The van der Waals surface area contributed by atoms with Gasteiger partial charge in [0.25, 0.3) is 0 Å². The molecule has 2 aromatic rings. The summed E-state index contributed by atoms with van der Waals surface area (Å²) >= 11 is 0. The maximum Gasteiger partial charge on any atom is 0.233 e. The van der Waals surface area contributed by atoms with E-state index in [9.17, 15) is 9.59 Å². The molecule has 4 heteroatoms. The van der Waals surface area contributed by atoms with E-state index < -0.39 is 5.41 Å². The monoisotopic (exact) mass is 393 g/mol. The SMILES string of the molecule is CC(=O)[C@@H](CC(C)C)N1CC[C@@](C)(c2ccc(OCc3ccccc3)cc2)C1=O. The quantitative estimate of drug-likeness (QED) is 0.650. The topological polar surface area (TPSA) is 46.6 Å². The minimum absolute atomic E-state index is 0.0521. The first-order chi connectivity index (χ1) is 13.8. The molecule has 0 bridgehead atoms. The Hall–Kier alpha value is -2.62. The Morgan fingerprint density at radius 2 is 1.76 bits per heavy atom. The maximum absolute atomic E-state index is 13.3. The highest BCUT2D eigenvalue weighted by molar-refractivity contribution is 5.94. The molecule has 1 heterocycles. The third-order valence-corrected chi connectivity index (χ3v) is 5.87. The summed E-state index contributed by atoms with van der Waals surface area (Å²) in [5, 5.41) is 0. The van der Waals surface area contributed by atoms with Crippen molar-refractivity contribution < 1.29 is 14.3 Å². The van der Waals surface area contributed by atoms with Crippen LogP contribution in [0.1, 0.15) is 51.7 Å². The van der Waals surface area contributed by atoms with E-state index in [1.165, 1.54) is 0 Å². The average Bonchev–Trinajstić information content (AvgIpc) is 3.01. The summed E-state index contributed by atoms with van der Waals surface area (Å²) in [6, 6.07) is 17.5. The molecule has 0 spiro atoms. The van der Waals surface area contributed by atoms with Gasteiger partial charge in [-0.25, -0.2) is 0 Å². The Bertz CT molecular complexity index is 844. The third-order valence-electron chi connectivity index (χ3n) is 5.87. The van der Waals surface area contributed by atoms with Gasteiger partial charge in [-0.15, -0.1) is 0 Å². The molecule has 154 valence electrons. The van der Waals surface area contributed by atoms with Crippen LogP contribution in [0.25, 0.3) is 0 Å². The largest absolute Gasteiger partial charge is 0.489 e. The lowest BCUT2D eigenvalue weighted by atomic mass is 9.81. The van der Waals surface area contributed by atoms with Crippen LogP contribution < -0.4 is 4.74 Å². The van der Waals surface area contributed by atoms with Crippen LogP contribution in [0, 0.1) is 5.92 Å². The zero-order chi connectivity index (χ0) is 21.0. The minimum Gasteiger partial charge on any atom is -0.489 e. The molecule has 1 aliphatic rings. The molecule has 1 aliphatic heterocycles. The van der Waals surface area contributed by atoms with E-state index in [0.29, 0.717) is 25.5 Å². The van der Waals surface area contributed by atoms with E-state index >= 15 is 0 Å². The fourth-order valence-corrected chi connectivity index (χ4v) is 4.05. The fraction of sp³-hybridized carbons (Fsp3) is 0.440. The van der Waals surface area contributed by atoms with E-state index in [1.807, 2.05) is 61.5 Å². The fourth-order valence-electron chi connectivity index (χ4n) is 4.05. The van der Waals surface area contributed by atoms with Crippen molar-refractivity contribution in [2.45, 2.75) is 58.6 Å². The first-order valence-electron chi connectivity index (χ1n) is 10.4. The summed E-state index contributed by atoms with van der Waals surface area (Å²) in [6.07, 6.45) is 1.43. The lowest BCUT2D eigenvalue weighted by molar-refractivity contribution is -0.139. The van der Waals surface area contributed by atoms with Crippen molar-refractivity contribution in [3.05, 3.63) is 65.7 Å². The van der Waals surface area contributed by atoms with Gasteiger partial charge in [-0.1, -0.05) is 56.3 Å². The van der Waals surface area contributed by atoms with Crippen molar-refractivity contribution in [3.8, 4) is 5.75 Å². The predicted molar refractivity (Wildman–Crippen MR) is 115 cm³/mol. The van der Waals surface area contributed by atoms with E-state index in [2.05, 4.69) is 13.8 Å². The van der Waals surface area contributed by atoms with E-state index in [4.69, 9.17) is 4.74 Å². The van der Waals surface area contributed by atoms with Gasteiger partial charge in [0, 0.05) is 6.54 Å². The van der Waals surface area contributed by atoms with Crippen LogP contribution in [0.5, 0.6) is 5.75 Å². The van der Waals surface area contributed by atoms with Crippen LogP contribution in [-0.2, 0) is 21.6 Å². The van der Waals surface area contributed by atoms with Gasteiger partial charge in [0.1, 0.15) is 12.4 Å². The summed E-state index contributed by atoms with van der Waals surface area (Å²) in [5.41, 5.74) is 1.50. The van der Waals surface area contributed by atoms with Crippen LogP contribution in [-0.4, -0.2) is 29.2 Å². The molecule has 1 amide bonds. The zero-order valence-corrected chi connectivity index (χ0v) is 17.9. The lowest BCUT2D eigenvalue weighted by Crippen LogP contribution is -2.45. The van der Waals surface area contributed by atoms with Crippen molar-refractivity contribution in [3.63, 3.8) is 0 Å². The number of benzene rings is 2. The standard InChI is InChI=1S/C25H31NO3/c1-18(2)16-23(19(3)27)26-15-14-25(4,24(26)28)21-10-12-22(13-11-21)29-17-20-8-6-5-7-9-20/h5-13,18,23H,14-17H2,1-4H3/t23-,25+/m1/s1. The van der Waals surface area contributed by atoms with Crippen LogP contribution >= 0.6 is 0 Å². The summed E-state index contributed by atoms with van der Waals surface area (Å²) in [5.74, 6) is 1.27. The second-order valence-corrected chi connectivity index (χ2v) is 8.64. The van der Waals surface area contributed by atoms with Gasteiger partial charge in [-0.05, 0) is 55.9 Å². The zero-order valence-electron chi connectivity index (χ0n) is 17.9. The van der Waals surface area contributed by atoms with Gasteiger partial charge in [0.2, 0.25) is 5.91 Å². The summed E-state index contributed by atoms with van der Waals surface area (Å²) < 4.78 is 5.86. The number of ketones is 1. The second kappa shape index (κ2) is 8.81. The molecule has 0 unspecified atom stereocenters. The number of rotatable bonds is 8. The number of Topliss-reactive ketones (excluding diaryl/α,β-unsaturated/α-hetero) is 1. The molecular formula is C25H31NO3. The van der Waals surface area contributed by atoms with E-state index in [1.54, 1.807) is 11.8 Å². The summed E-state index contributed by atoms with van der Waals surface area (Å²) in [6.45, 7) is 8.89. The van der Waals surface area contributed by atoms with Crippen LogP contribution in [0.2, 0.25) is 0 Å². The highest BCUT2D eigenvalue weighted by Gasteiger charge is 2.47. The highest BCUT2D eigenvalue weighted by atomic mass is 16.5. The number of hydrogen-bond donors (Lipinski definition) is 0. The number of hydrogen-bond acceptors (Lipinski definition) is 3. The van der Waals surface area contributed by atoms with Crippen molar-refractivity contribution >= 4 is 11.7 Å². The average molecular weight is 394 g/mol. The number of amides is 1. The smallest absolute Gasteiger partial charge is 0.233 e. The summed E-state index contributed by atoms with van der Waals surface area (Å²) in [7, 11) is 0. The number of likely N-dealkylation sites (tertiary alicyclic amines) is 1. The highest BCUT2D eigenvalue weighted by Crippen LogP contribution is 2.38. The van der Waals surface area contributed by atoms with Gasteiger partial charge in [0.15, 0.2) is 5.78 Å². The molecule has 2 atom stereocenters. The normalized spacial score (nSPS) is 20.2. The number of carbonyl (C=O) groups is 2. The summed E-state index contributed by atoms with van der Waals surface area (Å²) in [4.78, 5) is 27.3. The third kappa shape index (κ3) is 4.69. The predicted octanol–water partition coefficient (Wildman–Crippen LogP) is 4.76. The molecule has 3 rings (SSSR count). The molecule has 1 fully saturated rings. The van der Waals surface area contributed by atoms with Gasteiger partial charge in [0.05, 0.1) is 11.5 Å². The molecule has 0 aromatic heterocycles. The van der Waals surface area contributed by atoms with E-state index in [0.717, 1.165) is 23.3 Å². The van der Waals surface area contributed by atoms with Gasteiger partial charge in [-0.3, -0.25) is 9.59 Å². The maximum atomic E-state index is 13.3. The first-order valence-corrected chi connectivity index (χ1v) is 10.4.